The van der Waals surface area contributed by atoms with Gasteiger partial charge in [0.05, 0.1) is 18.2 Å². The third-order valence-electron chi connectivity index (χ3n) is 2.77. The molecule has 0 aliphatic rings. The summed E-state index contributed by atoms with van der Waals surface area (Å²) in [6.45, 7) is 2.10. The molecule has 1 aromatic carbocycles. The molecule has 0 bridgehead atoms. The van der Waals surface area contributed by atoms with Gasteiger partial charge < -0.3 is 15.0 Å². The van der Waals surface area contributed by atoms with Crippen LogP contribution in [0.2, 0.25) is 0 Å². The Balaban J connectivity index is 2.07. The minimum atomic E-state index is -0.340. The average molecular weight is 249 g/mol. The van der Waals surface area contributed by atoms with Crippen molar-refractivity contribution in [3.8, 4) is 5.75 Å². The first kappa shape index (κ1) is 12.6. The number of halogens is 1. The van der Waals surface area contributed by atoms with Crippen molar-refractivity contribution in [1.29, 1.82) is 0 Å². The van der Waals surface area contributed by atoms with E-state index in [1.165, 1.54) is 6.07 Å². The molecule has 0 aliphatic heterocycles. The van der Waals surface area contributed by atoms with Gasteiger partial charge in [0, 0.05) is 24.7 Å². The van der Waals surface area contributed by atoms with E-state index >= 15 is 0 Å². The molecule has 18 heavy (non-hydrogen) atoms. The topological polar surface area (TPSA) is 53.1 Å². The van der Waals surface area contributed by atoms with Crippen molar-refractivity contribution in [2.24, 2.45) is 12.8 Å². The fraction of sp³-hybridized carbons (Fsp3) is 0.308. The second kappa shape index (κ2) is 5.18. The Morgan fingerprint density at radius 3 is 2.83 bits per heavy atom. The Bertz CT molecular complexity index is 537. The van der Waals surface area contributed by atoms with Crippen molar-refractivity contribution in [2.75, 3.05) is 0 Å². The maximum absolute atomic E-state index is 13.7. The van der Waals surface area contributed by atoms with Crippen molar-refractivity contribution in [1.82, 2.24) is 9.55 Å². The molecule has 1 heterocycles. The molecule has 1 unspecified atom stereocenters. The maximum atomic E-state index is 13.7. The van der Waals surface area contributed by atoms with E-state index in [0.717, 1.165) is 5.69 Å². The summed E-state index contributed by atoms with van der Waals surface area (Å²) in [5, 5.41) is 0. The molecule has 0 spiro atoms. The van der Waals surface area contributed by atoms with Crippen molar-refractivity contribution in [3.05, 3.63) is 47.8 Å². The maximum Gasteiger partial charge on any atom is 0.131 e. The number of nitrogens with two attached hydrogens (primary N) is 1. The van der Waals surface area contributed by atoms with Gasteiger partial charge in [-0.3, -0.25) is 0 Å². The predicted octanol–water partition coefficient (Wildman–Crippen LogP) is 2.16. The van der Waals surface area contributed by atoms with E-state index in [-0.39, 0.29) is 11.9 Å². The highest BCUT2D eigenvalue weighted by Gasteiger charge is 2.08. The van der Waals surface area contributed by atoms with Gasteiger partial charge in [0.2, 0.25) is 0 Å². The first-order valence-electron chi connectivity index (χ1n) is 5.71. The van der Waals surface area contributed by atoms with Crippen LogP contribution in [-0.4, -0.2) is 9.55 Å². The highest BCUT2D eigenvalue weighted by atomic mass is 19.1. The number of ether oxygens (including phenoxy) is 1. The number of aryl methyl sites for hydroxylation is 1. The molecular weight excluding hydrogens is 233 g/mol. The van der Waals surface area contributed by atoms with Crippen molar-refractivity contribution in [2.45, 2.75) is 19.6 Å². The van der Waals surface area contributed by atoms with Crippen LogP contribution >= 0.6 is 0 Å². The minimum Gasteiger partial charge on any atom is -0.487 e. The van der Waals surface area contributed by atoms with Crippen LogP contribution in [0.5, 0.6) is 5.75 Å². The third kappa shape index (κ3) is 2.68. The number of aromatic nitrogens is 2. The number of hydrogen-bond donors (Lipinski definition) is 1. The molecule has 4 nitrogen and oxygen atoms in total. The quantitative estimate of drug-likeness (QED) is 0.903. The number of imidazole rings is 1. The normalized spacial score (nSPS) is 12.4. The molecular formula is C13H16FN3O. The summed E-state index contributed by atoms with van der Waals surface area (Å²) in [4.78, 5) is 3.98. The third-order valence-corrected chi connectivity index (χ3v) is 2.77. The van der Waals surface area contributed by atoms with Gasteiger partial charge in [-0.2, -0.15) is 0 Å². The SMILES string of the molecule is CC(N)c1ccc(OCc2cncn2C)cc1F. The summed E-state index contributed by atoms with van der Waals surface area (Å²) in [6.07, 6.45) is 3.41. The fourth-order valence-electron chi connectivity index (χ4n) is 1.65. The molecule has 0 aliphatic carbocycles. The lowest BCUT2D eigenvalue weighted by atomic mass is 10.1. The monoisotopic (exact) mass is 249 g/mol. The summed E-state index contributed by atoms with van der Waals surface area (Å²) in [5.74, 6) is 0.144. The largest absolute Gasteiger partial charge is 0.487 e. The van der Waals surface area contributed by atoms with Crippen LogP contribution in [0.25, 0.3) is 0 Å². The van der Waals surface area contributed by atoms with Gasteiger partial charge in [0.1, 0.15) is 18.2 Å². The minimum absolute atomic E-state index is 0.323. The molecule has 0 fully saturated rings. The second-order valence-electron chi connectivity index (χ2n) is 4.26. The number of nitrogens with zero attached hydrogens (tertiary/aromatic N) is 2. The molecule has 5 heteroatoms. The Labute approximate surface area is 105 Å². The molecule has 0 radical (unpaired) electrons. The lowest BCUT2D eigenvalue weighted by Crippen LogP contribution is -2.07. The average Bonchev–Trinajstić information content (AvgIpc) is 2.72. The van der Waals surface area contributed by atoms with Crippen molar-refractivity contribution >= 4 is 0 Å². The Morgan fingerprint density at radius 2 is 2.28 bits per heavy atom. The summed E-state index contributed by atoms with van der Waals surface area (Å²) in [5.41, 5.74) is 7.05. The van der Waals surface area contributed by atoms with Crippen molar-refractivity contribution in [3.63, 3.8) is 0 Å². The van der Waals surface area contributed by atoms with Crippen LogP contribution in [0.4, 0.5) is 4.39 Å². The van der Waals surface area contributed by atoms with Gasteiger partial charge in [-0.05, 0) is 13.0 Å². The molecule has 2 rings (SSSR count). The highest BCUT2D eigenvalue weighted by molar-refractivity contribution is 5.30. The van der Waals surface area contributed by atoms with Crippen LogP contribution < -0.4 is 10.5 Å². The molecule has 96 valence electrons. The Kier molecular flexibility index (Phi) is 3.62. The van der Waals surface area contributed by atoms with Crippen LogP contribution in [0.1, 0.15) is 24.2 Å². The molecule has 2 aromatic rings. The standard InChI is InChI=1S/C13H16FN3O/c1-9(15)12-4-3-11(5-13(12)14)18-7-10-6-16-8-17(10)2/h3-6,8-9H,7,15H2,1-2H3. The molecule has 1 atom stereocenters. The zero-order chi connectivity index (χ0) is 13.1. The summed E-state index contributed by atoms with van der Waals surface area (Å²) in [6, 6.07) is 4.40. The van der Waals surface area contributed by atoms with Gasteiger partial charge in [0.15, 0.2) is 0 Å². The van der Waals surface area contributed by atoms with Crippen molar-refractivity contribution < 1.29 is 9.13 Å². The highest BCUT2D eigenvalue weighted by Crippen LogP contribution is 2.21. The van der Waals surface area contributed by atoms with E-state index in [2.05, 4.69) is 4.98 Å². The first-order chi connectivity index (χ1) is 8.58. The molecule has 0 amide bonds. The summed E-state index contributed by atoms with van der Waals surface area (Å²) >= 11 is 0. The zero-order valence-electron chi connectivity index (χ0n) is 10.4. The number of benzene rings is 1. The van der Waals surface area contributed by atoms with E-state index in [4.69, 9.17) is 10.5 Å². The van der Waals surface area contributed by atoms with Crippen LogP contribution in [0, 0.1) is 5.82 Å². The Morgan fingerprint density at radius 1 is 1.50 bits per heavy atom. The first-order valence-corrected chi connectivity index (χ1v) is 5.71. The fourth-order valence-corrected chi connectivity index (χ4v) is 1.65. The van der Waals surface area contributed by atoms with Crippen LogP contribution in [-0.2, 0) is 13.7 Å². The molecule has 0 saturated heterocycles. The van der Waals surface area contributed by atoms with Gasteiger partial charge in [0.25, 0.3) is 0 Å². The van der Waals surface area contributed by atoms with Gasteiger partial charge >= 0.3 is 0 Å². The molecule has 1 aromatic heterocycles. The van der Waals surface area contributed by atoms with E-state index < -0.39 is 0 Å². The van der Waals surface area contributed by atoms with Crippen LogP contribution in [0.15, 0.2) is 30.7 Å². The van der Waals surface area contributed by atoms with E-state index in [9.17, 15) is 4.39 Å². The van der Waals surface area contributed by atoms with E-state index in [1.807, 2.05) is 11.6 Å². The summed E-state index contributed by atoms with van der Waals surface area (Å²) in [7, 11) is 1.88. The summed E-state index contributed by atoms with van der Waals surface area (Å²) < 4.78 is 21.0. The molecule has 0 saturated carbocycles. The van der Waals surface area contributed by atoms with Crippen LogP contribution in [0.3, 0.4) is 0 Å². The Hall–Kier alpha value is -1.88. The predicted molar refractivity (Wildman–Crippen MR) is 66.5 cm³/mol. The van der Waals surface area contributed by atoms with E-state index in [0.29, 0.717) is 17.9 Å². The second-order valence-corrected chi connectivity index (χ2v) is 4.26. The van der Waals surface area contributed by atoms with Gasteiger partial charge in [-0.25, -0.2) is 9.37 Å². The zero-order valence-corrected chi connectivity index (χ0v) is 10.4. The van der Waals surface area contributed by atoms with Gasteiger partial charge in [-0.15, -0.1) is 0 Å². The lowest BCUT2D eigenvalue weighted by molar-refractivity contribution is 0.295. The molecule has 2 N–H and O–H groups in total. The van der Waals surface area contributed by atoms with Gasteiger partial charge in [-0.1, -0.05) is 6.07 Å². The smallest absolute Gasteiger partial charge is 0.131 e. The van der Waals surface area contributed by atoms with E-state index in [1.54, 1.807) is 31.6 Å². The lowest BCUT2D eigenvalue weighted by Gasteiger charge is -2.10. The number of hydrogen-bond acceptors (Lipinski definition) is 3. The number of rotatable bonds is 4.